The van der Waals surface area contributed by atoms with Crippen molar-refractivity contribution in [2.75, 3.05) is 0 Å². The first-order chi connectivity index (χ1) is 10.5. The van der Waals surface area contributed by atoms with Crippen LogP contribution in [0.4, 0.5) is 0 Å². The number of hydrogen-bond donors (Lipinski definition) is 1. The summed E-state index contributed by atoms with van der Waals surface area (Å²) in [5, 5.41) is 10.2. The van der Waals surface area contributed by atoms with Gasteiger partial charge in [0.1, 0.15) is 5.78 Å². The van der Waals surface area contributed by atoms with E-state index in [-0.39, 0.29) is 6.10 Å². The molecule has 0 bridgehead atoms. The maximum Gasteiger partial charge on any atom is 0.137 e. The van der Waals surface area contributed by atoms with Crippen LogP contribution in [-0.4, -0.2) is 17.0 Å². The van der Waals surface area contributed by atoms with Gasteiger partial charge in [-0.05, 0) is 81.0 Å². The van der Waals surface area contributed by atoms with Gasteiger partial charge in [0.2, 0.25) is 0 Å². The number of aliphatic hydroxyl groups is 1. The summed E-state index contributed by atoms with van der Waals surface area (Å²) in [6.07, 6.45) is 10.0. The zero-order valence-electron chi connectivity index (χ0n) is 14.1. The molecule has 4 rings (SSSR count). The summed E-state index contributed by atoms with van der Waals surface area (Å²) >= 11 is 0. The van der Waals surface area contributed by atoms with Gasteiger partial charge in [-0.1, -0.05) is 18.1 Å². The van der Waals surface area contributed by atoms with Gasteiger partial charge >= 0.3 is 0 Å². The van der Waals surface area contributed by atoms with E-state index >= 15 is 0 Å². The van der Waals surface area contributed by atoms with Crippen molar-refractivity contribution in [1.29, 1.82) is 0 Å². The van der Waals surface area contributed by atoms with E-state index in [1.54, 1.807) is 5.57 Å². The molecule has 2 heteroatoms. The molecule has 0 heterocycles. The highest BCUT2D eigenvalue weighted by Gasteiger charge is 2.55. The van der Waals surface area contributed by atoms with E-state index in [1.165, 1.54) is 44.1 Å². The molecule has 0 aliphatic heterocycles. The minimum absolute atomic E-state index is 0.155. The summed E-state index contributed by atoms with van der Waals surface area (Å²) in [7, 11) is 0. The third-order valence-corrected chi connectivity index (χ3v) is 7.86. The summed E-state index contributed by atoms with van der Waals surface area (Å²) in [6, 6.07) is 0. The fourth-order valence-corrected chi connectivity index (χ4v) is 6.88. The Balaban J connectivity index is 1.62. The number of ketones is 1. The minimum atomic E-state index is -0.155. The number of rotatable bonds is 1. The summed E-state index contributed by atoms with van der Waals surface area (Å²) in [5.74, 6) is 3.37. The van der Waals surface area contributed by atoms with Crippen LogP contribution in [0.3, 0.4) is 0 Å². The van der Waals surface area contributed by atoms with Crippen LogP contribution in [0.2, 0.25) is 0 Å². The van der Waals surface area contributed by atoms with Crippen LogP contribution in [0.1, 0.15) is 71.6 Å². The Hall–Kier alpha value is -0.630. The fraction of sp³-hybridized carbons (Fsp3) is 0.850. The zero-order chi connectivity index (χ0) is 15.5. The van der Waals surface area contributed by atoms with E-state index < -0.39 is 0 Å². The molecule has 2 saturated carbocycles. The molecule has 0 radical (unpaired) electrons. The first-order valence-electron chi connectivity index (χ1n) is 9.41. The Morgan fingerprint density at radius 2 is 1.95 bits per heavy atom. The predicted molar refractivity (Wildman–Crippen MR) is 87.3 cm³/mol. The number of aliphatic hydroxyl groups excluding tert-OH is 1. The molecule has 4 aliphatic carbocycles. The number of carbonyl (C=O) groups is 1. The van der Waals surface area contributed by atoms with Crippen LogP contribution < -0.4 is 0 Å². The van der Waals surface area contributed by atoms with Crippen molar-refractivity contribution in [2.45, 2.75) is 77.7 Å². The highest BCUT2D eigenvalue weighted by atomic mass is 16.3. The van der Waals surface area contributed by atoms with Crippen LogP contribution in [0.25, 0.3) is 0 Å². The quantitative estimate of drug-likeness (QED) is 0.734. The van der Waals surface area contributed by atoms with Gasteiger partial charge in [-0.2, -0.15) is 0 Å². The van der Waals surface area contributed by atoms with Crippen LogP contribution in [0.5, 0.6) is 0 Å². The summed E-state index contributed by atoms with van der Waals surface area (Å²) in [5.41, 5.74) is 3.57. The van der Waals surface area contributed by atoms with Crippen molar-refractivity contribution in [3.8, 4) is 0 Å². The second-order valence-electron chi connectivity index (χ2n) is 8.73. The second kappa shape index (κ2) is 5.19. The molecule has 2 nitrogen and oxygen atoms in total. The van der Waals surface area contributed by atoms with E-state index in [1.807, 2.05) is 6.92 Å². The van der Waals surface area contributed by atoms with Gasteiger partial charge in [-0.3, -0.25) is 4.79 Å². The molecule has 4 aliphatic rings. The van der Waals surface area contributed by atoms with Crippen LogP contribution in [0, 0.1) is 29.1 Å². The van der Waals surface area contributed by atoms with Gasteiger partial charge in [0, 0.05) is 12.8 Å². The highest BCUT2D eigenvalue weighted by Crippen LogP contribution is 2.63. The number of hydrogen-bond acceptors (Lipinski definition) is 2. The van der Waals surface area contributed by atoms with Crippen molar-refractivity contribution in [3.05, 3.63) is 11.1 Å². The van der Waals surface area contributed by atoms with E-state index in [0.29, 0.717) is 17.1 Å². The Bertz CT molecular complexity index is 518. The third-order valence-electron chi connectivity index (χ3n) is 7.86. The van der Waals surface area contributed by atoms with Gasteiger partial charge in [-0.25, -0.2) is 0 Å². The lowest BCUT2D eigenvalue weighted by Crippen LogP contribution is -2.45. The predicted octanol–water partition coefficient (Wildman–Crippen LogP) is 4.27. The smallest absolute Gasteiger partial charge is 0.137 e. The van der Waals surface area contributed by atoms with E-state index in [2.05, 4.69) is 6.92 Å². The molecule has 0 aromatic rings. The molecule has 1 N–H and O–H groups in total. The Kier molecular flexibility index (Phi) is 3.52. The molecule has 0 saturated heterocycles. The molecule has 122 valence electrons. The molecule has 2 fully saturated rings. The molecule has 1 unspecified atom stereocenters. The largest absolute Gasteiger partial charge is 0.393 e. The molecule has 0 spiro atoms. The first-order valence-corrected chi connectivity index (χ1v) is 9.41. The zero-order valence-corrected chi connectivity index (χ0v) is 14.1. The average molecular weight is 302 g/mol. The molecular formula is C20H30O2. The van der Waals surface area contributed by atoms with Gasteiger partial charge in [0.05, 0.1) is 6.10 Å². The Morgan fingerprint density at radius 3 is 2.73 bits per heavy atom. The van der Waals surface area contributed by atoms with Crippen molar-refractivity contribution >= 4 is 5.78 Å². The number of Topliss-reactive ketones (excluding diaryl/α,β-unsaturated/α-hetero) is 1. The van der Waals surface area contributed by atoms with Crippen LogP contribution in [-0.2, 0) is 4.79 Å². The SMILES string of the molecule is CC(O)[C@H]1CC[C@H]2[C@@H]3CCC4=C(CCC(=O)C4)[C@H]3CC[C@]12C. The van der Waals surface area contributed by atoms with E-state index in [9.17, 15) is 9.90 Å². The van der Waals surface area contributed by atoms with Crippen molar-refractivity contribution in [3.63, 3.8) is 0 Å². The molecule has 0 aromatic heterocycles. The summed E-state index contributed by atoms with van der Waals surface area (Å²) in [6.45, 7) is 4.46. The van der Waals surface area contributed by atoms with Crippen LogP contribution in [0.15, 0.2) is 11.1 Å². The standard InChI is InChI=1S/C20H30O2/c1-12(21)18-7-8-19-17-5-3-13-11-14(22)4-6-15(13)16(17)9-10-20(18,19)2/h12,16-19,21H,3-11H2,1-2H3/t12?,16-,17-,18-,19+,20-/m1/s1. The van der Waals surface area contributed by atoms with Crippen molar-refractivity contribution < 1.29 is 9.90 Å². The lowest BCUT2D eigenvalue weighted by Gasteiger charge is -2.52. The normalized spacial score (nSPS) is 46.0. The second-order valence-corrected chi connectivity index (χ2v) is 8.73. The molecule has 0 aromatic carbocycles. The maximum atomic E-state index is 11.8. The maximum absolute atomic E-state index is 11.8. The topological polar surface area (TPSA) is 37.3 Å². The van der Waals surface area contributed by atoms with Gasteiger partial charge in [0.25, 0.3) is 0 Å². The minimum Gasteiger partial charge on any atom is -0.393 e. The van der Waals surface area contributed by atoms with Gasteiger partial charge < -0.3 is 5.11 Å². The summed E-state index contributed by atoms with van der Waals surface area (Å²) in [4.78, 5) is 11.8. The van der Waals surface area contributed by atoms with E-state index in [4.69, 9.17) is 0 Å². The lowest BCUT2D eigenvalue weighted by atomic mass is 9.53. The van der Waals surface area contributed by atoms with E-state index in [0.717, 1.165) is 37.0 Å². The van der Waals surface area contributed by atoms with Gasteiger partial charge in [0.15, 0.2) is 0 Å². The van der Waals surface area contributed by atoms with Crippen molar-refractivity contribution in [1.82, 2.24) is 0 Å². The van der Waals surface area contributed by atoms with Crippen molar-refractivity contribution in [2.24, 2.45) is 29.1 Å². The first kappa shape index (κ1) is 14.9. The number of carbonyl (C=O) groups excluding carboxylic acids is 1. The highest BCUT2D eigenvalue weighted by molar-refractivity contribution is 5.82. The molecule has 22 heavy (non-hydrogen) atoms. The summed E-state index contributed by atoms with van der Waals surface area (Å²) < 4.78 is 0. The van der Waals surface area contributed by atoms with Gasteiger partial charge in [-0.15, -0.1) is 0 Å². The molecule has 0 amide bonds. The molecular weight excluding hydrogens is 272 g/mol. The number of fused-ring (bicyclic) bond motifs is 4. The molecule has 6 atom stereocenters. The average Bonchev–Trinajstić information content (AvgIpc) is 2.84. The fourth-order valence-electron chi connectivity index (χ4n) is 6.88. The Morgan fingerprint density at radius 1 is 1.14 bits per heavy atom. The Labute approximate surface area is 134 Å². The van der Waals surface area contributed by atoms with Crippen LogP contribution >= 0.6 is 0 Å². The number of allylic oxidation sites excluding steroid dienone is 2. The monoisotopic (exact) mass is 302 g/mol. The lowest BCUT2D eigenvalue weighted by molar-refractivity contribution is -0.119. The third kappa shape index (κ3) is 2.06.